The van der Waals surface area contributed by atoms with Gasteiger partial charge in [-0.25, -0.2) is 0 Å². The summed E-state index contributed by atoms with van der Waals surface area (Å²) in [6.07, 6.45) is -0.306. The van der Waals surface area contributed by atoms with Gasteiger partial charge in [0, 0.05) is 19.2 Å². The van der Waals surface area contributed by atoms with Crippen molar-refractivity contribution in [3.8, 4) is 0 Å². The minimum atomic E-state index is -1.05. The van der Waals surface area contributed by atoms with Crippen LogP contribution in [-0.4, -0.2) is 62.3 Å². The number of carbonyl (C=O) groups excluding carboxylic acids is 4. The SMILES string of the molecule is CN.CN.CNC(=O)[C@H](CC(N)=O)NC(=O)CN1Cc2ccccc2C1=O. The van der Waals surface area contributed by atoms with Crippen LogP contribution in [0.3, 0.4) is 0 Å². The van der Waals surface area contributed by atoms with Crippen molar-refractivity contribution in [3.05, 3.63) is 35.4 Å². The van der Waals surface area contributed by atoms with Gasteiger partial charge in [0.15, 0.2) is 0 Å². The molecule has 0 spiro atoms. The number of carbonyl (C=O) groups is 4. The van der Waals surface area contributed by atoms with Crippen molar-refractivity contribution >= 4 is 23.6 Å². The van der Waals surface area contributed by atoms with Gasteiger partial charge in [-0.2, -0.15) is 0 Å². The van der Waals surface area contributed by atoms with Crippen LogP contribution in [0.2, 0.25) is 0 Å². The van der Waals surface area contributed by atoms with E-state index >= 15 is 0 Å². The Kier molecular flexibility index (Phi) is 11.0. The third kappa shape index (κ3) is 7.04. The summed E-state index contributed by atoms with van der Waals surface area (Å²) in [5.41, 5.74) is 15.5. The third-order valence-electron chi connectivity index (χ3n) is 3.53. The number of nitrogens with one attached hydrogen (secondary N) is 2. The second kappa shape index (κ2) is 12.4. The van der Waals surface area contributed by atoms with E-state index in [1.165, 1.54) is 26.0 Å². The van der Waals surface area contributed by atoms with Crippen LogP contribution in [0.5, 0.6) is 0 Å². The van der Waals surface area contributed by atoms with Crippen LogP contribution >= 0.6 is 0 Å². The molecule has 0 fully saturated rings. The van der Waals surface area contributed by atoms with Gasteiger partial charge in [0.05, 0.1) is 6.42 Å². The Morgan fingerprint density at radius 2 is 1.74 bits per heavy atom. The summed E-state index contributed by atoms with van der Waals surface area (Å²) in [6.45, 7) is 0.142. The molecule has 10 nitrogen and oxygen atoms in total. The van der Waals surface area contributed by atoms with Crippen LogP contribution in [-0.2, 0) is 20.9 Å². The molecule has 1 aromatic rings. The number of hydrogen-bond acceptors (Lipinski definition) is 6. The molecule has 2 rings (SSSR count). The highest BCUT2D eigenvalue weighted by Gasteiger charge is 2.29. The highest BCUT2D eigenvalue weighted by Crippen LogP contribution is 2.21. The Morgan fingerprint density at radius 1 is 1.15 bits per heavy atom. The maximum atomic E-state index is 12.2. The van der Waals surface area contributed by atoms with Crippen LogP contribution in [0.4, 0.5) is 0 Å². The zero-order chi connectivity index (χ0) is 21.0. The average molecular weight is 380 g/mol. The topological polar surface area (TPSA) is 174 Å². The summed E-state index contributed by atoms with van der Waals surface area (Å²) in [6, 6.07) is 6.06. The maximum Gasteiger partial charge on any atom is 0.254 e. The summed E-state index contributed by atoms with van der Waals surface area (Å²) < 4.78 is 0. The van der Waals surface area contributed by atoms with Crippen LogP contribution < -0.4 is 27.8 Å². The Bertz CT molecular complexity index is 665. The molecule has 0 bridgehead atoms. The number of fused-ring (bicyclic) bond motifs is 1. The van der Waals surface area contributed by atoms with Crippen molar-refractivity contribution in [3.63, 3.8) is 0 Å². The first kappa shape index (κ1) is 24.0. The van der Waals surface area contributed by atoms with Gasteiger partial charge in [-0.3, -0.25) is 19.2 Å². The van der Waals surface area contributed by atoms with Crippen molar-refractivity contribution < 1.29 is 19.2 Å². The monoisotopic (exact) mass is 380 g/mol. The number of rotatable bonds is 6. The summed E-state index contributed by atoms with van der Waals surface area (Å²) in [7, 11) is 4.39. The standard InChI is InChI=1S/C15H18N4O4.2CH5N/c1-17-14(22)11(6-12(16)20)18-13(21)8-19-7-9-4-2-3-5-10(9)15(19)23;2*1-2/h2-5,11H,6-8H2,1H3,(H2,16,20)(H,17,22)(H,18,21);2*2H2,1H3/t11-;;/m0../s1. The minimum absolute atomic E-state index is 0.195. The van der Waals surface area contributed by atoms with Crippen molar-refractivity contribution in [2.24, 2.45) is 17.2 Å². The minimum Gasteiger partial charge on any atom is -0.370 e. The number of primary amides is 1. The third-order valence-corrected chi connectivity index (χ3v) is 3.53. The second-order valence-corrected chi connectivity index (χ2v) is 5.22. The van der Waals surface area contributed by atoms with Crippen molar-refractivity contribution in [1.29, 1.82) is 0 Å². The van der Waals surface area contributed by atoms with Gasteiger partial charge in [-0.15, -0.1) is 0 Å². The number of likely N-dealkylation sites (N-methyl/N-ethyl adjacent to an activating group) is 1. The molecule has 1 atom stereocenters. The predicted octanol–water partition coefficient (Wildman–Crippen LogP) is -2.10. The van der Waals surface area contributed by atoms with Gasteiger partial charge >= 0.3 is 0 Å². The molecular formula is C17H28N6O4. The summed E-state index contributed by atoms with van der Waals surface area (Å²) in [5.74, 6) is -1.99. The number of benzene rings is 1. The van der Waals surface area contributed by atoms with Gasteiger partial charge in [0.25, 0.3) is 5.91 Å². The van der Waals surface area contributed by atoms with E-state index in [0.717, 1.165) is 5.56 Å². The quantitative estimate of drug-likeness (QED) is 0.378. The molecular weight excluding hydrogens is 352 g/mol. The van der Waals surface area contributed by atoms with Gasteiger partial charge in [0.2, 0.25) is 17.7 Å². The van der Waals surface area contributed by atoms with Gasteiger partial charge in [0.1, 0.15) is 12.6 Å². The molecule has 0 saturated carbocycles. The van der Waals surface area contributed by atoms with Gasteiger partial charge < -0.3 is 32.7 Å². The van der Waals surface area contributed by atoms with E-state index in [9.17, 15) is 19.2 Å². The molecule has 0 aliphatic carbocycles. The molecule has 10 heteroatoms. The normalized spacial score (nSPS) is 12.5. The highest BCUT2D eigenvalue weighted by atomic mass is 16.2. The molecule has 0 radical (unpaired) electrons. The van der Waals surface area contributed by atoms with E-state index < -0.39 is 23.8 Å². The number of nitrogens with zero attached hydrogens (tertiary/aromatic N) is 1. The zero-order valence-corrected chi connectivity index (χ0v) is 15.8. The molecule has 0 saturated heterocycles. The first-order valence-corrected chi connectivity index (χ1v) is 8.24. The van der Waals surface area contributed by atoms with Crippen LogP contribution in [0.1, 0.15) is 22.3 Å². The Hall–Kier alpha value is -2.98. The lowest BCUT2D eigenvalue weighted by Crippen LogP contribution is -2.50. The fraction of sp³-hybridized carbons (Fsp3) is 0.412. The van der Waals surface area contributed by atoms with Crippen LogP contribution in [0.25, 0.3) is 0 Å². The van der Waals surface area contributed by atoms with Gasteiger partial charge in [-0.05, 0) is 25.7 Å². The molecule has 0 unspecified atom stereocenters. The van der Waals surface area contributed by atoms with Crippen LogP contribution in [0.15, 0.2) is 24.3 Å². The molecule has 1 aliphatic heterocycles. The molecule has 8 N–H and O–H groups in total. The number of hydrogen-bond donors (Lipinski definition) is 5. The van der Waals surface area contributed by atoms with Crippen molar-refractivity contribution in [2.75, 3.05) is 27.7 Å². The molecule has 0 aromatic heterocycles. The van der Waals surface area contributed by atoms with E-state index in [4.69, 9.17) is 5.73 Å². The molecule has 27 heavy (non-hydrogen) atoms. The predicted molar refractivity (Wildman–Crippen MR) is 101 cm³/mol. The van der Waals surface area contributed by atoms with Crippen molar-refractivity contribution in [2.45, 2.75) is 19.0 Å². The fourth-order valence-electron chi connectivity index (χ4n) is 2.44. The van der Waals surface area contributed by atoms with E-state index in [1.807, 2.05) is 12.1 Å². The Balaban J connectivity index is 0.00000158. The van der Waals surface area contributed by atoms with Crippen molar-refractivity contribution in [1.82, 2.24) is 15.5 Å². The molecule has 1 heterocycles. The van der Waals surface area contributed by atoms with Crippen LogP contribution in [0, 0.1) is 0 Å². The lowest BCUT2D eigenvalue weighted by molar-refractivity contribution is -0.131. The Morgan fingerprint density at radius 3 is 2.26 bits per heavy atom. The lowest BCUT2D eigenvalue weighted by Gasteiger charge is -2.19. The molecule has 150 valence electrons. The molecule has 1 aromatic carbocycles. The lowest BCUT2D eigenvalue weighted by atomic mass is 10.1. The van der Waals surface area contributed by atoms with E-state index in [-0.39, 0.29) is 18.9 Å². The number of amides is 4. The zero-order valence-electron chi connectivity index (χ0n) is 15.8. The summed E-state index contributed by atoms with van der Waals surface area (Å²) in [5, 5.41) is 4.78. The molecule has 4 amide bonds. The Labute approximate surface area is 158 Å². The highest BCUT2D eigenvalue weighted by molar-refractivity contribution is 6.00. The van der Waals surface area contributed by atoms with E-state index in [2.05, 4.69) is 22.1 Å². The maximum absolute atomic E-state index is 12.2. The van der Waals surface area contributed by atoms with Gasteiger partial charge in [-0.1, -0.05) is 18.2 Å². The first-order valence-electron chi connectivity index (χ1n) is 8.24. The number of nitrogens with two attached hydrogens (primary N) is 3. The summed E-state index contributed by atoms with van der Waals surface area (Å²) in [4.78, 5) is 48.3. The summed E-state index contributed by atoms with van der Waals surface area (Å²) >= 11 is 0. The largest absolute Gasteiger partial charge is 0.370 e. The first-order chi connectivity index (χ1) is 12.9. The van der Waals surface area contributed by atoms with E-state index in [0.29, 0.717) is 12.1 Å². The molecule has 1 aliphatic rings. The second-order valence-electron chi connectivity index (χ2n) is 5.22. The average Bonchev–Trinajstić information content (AvgIpc) is 2.99. The fourth-order valence-corrected chi connectivity index (χ4v) is 2.44. The smallest absolute Gasteiger partial charge is 0.254 e. The van der Waals surface area contributed by atoms with E-state index in [1.54, 1.807) is 12.1 Å².